The molecule has 0 heterocycles. The number of hydrogen-bond donors (Lipinski definition) is 1. The number of rotatable bonds is 6. The lowest BCUT2D eigenvalue weighted by Crippen LogP contribution is -2.40. The van der Waals surface area contributed by atoms with Crippen molar-refractivity contribution in [1.82, 2.24) is 4.90 Å². The first-order valence-corrected chi connectivity index (χ1v) is 8.59. The van der Waals surface area contributed by atoms with E-state index in [4.69, 9.17) is 9.84 Å². The molecule has 2 aromatic rings. The van der Waals surface area contributed by atoms with Crippen LogP contribution >= 0.6 is 0 Å². The molecule has 0 bridgehead atoms. The Morgan fingerprint density at radius 3 is 2.08 bits per heavy atom. The van der Waals surface area contributed by atoms with Crippen LogP contribution in [0, 0.1) is 0 Å². The van der Waals surface area contributed by atoms with Gasteiger partial charge in [0.05, 0.1) is 0 Å². The Balaban J connectivity index is 2.01. The van der Waals surface area contributed by atoms with E-state index >= 15 is 0 Å². The maximum atomic E-state index is 12.2. The van der Waals surface area contributed by atoms with Crippen molar-refractivity contribution in [2.24, 2.45) is 0 Å². The van der Waals surface area contributed by atoms with Gasteiger partial charge in [-0.25, -0.2) is 4.79 Å². The smallest absolute Gasteiger partial charge is 0.410 e. The van der Waals surface area contributed by atoms with E-state index in [0.717, 1.165) is 16.7 Å². The molecule has 1 N–H and O–H groups in total. The zero-order valence-electron chi connectivity index (χ0n) is 15.4. The van der Waals surface area contributed by atoms with Gasteiger partial charge < -0.3 is 9.84 Å². The summed E-state index contributed by atoms with van der Waals surface area (Å²) in [6.07, 6.45) is -0.0532. The van der Waals surface area contributed by atoms with Gasteiger partial charge in [-0.1, -0.05) is 54.6 Å². The summed E-state index contributed by atoms with van der Waals surface area (Å²) in [4.78, 5) is 24.5. The van der Waals surface area contributed by atoms with Crippen LogP contribution in [0.4, 0.5) is 4.79 Å². The Morgan fingerprint density at radius 2 is 1.54 bits per heavy atom. The zero-order valence-corrected chi connectivity index (χ0v) is 15.4. The molecule has 0 aliphatic rings. The number of carbonyl (C=O) groups excluding carboxylic acids is 1. The van der Waals surface area contributed by atoms with E-state index in [0.29, 0.717) is 6.42 Å². The van der Waals surface area contributed by atoms with Crippen molar-refractivity contribution >= 4 is 12.1 Å². The van der Waals surface area contributed by atoms with E-state index in [1.807, 2.05) is 54.6 Å². The van der Waals surface area contributed by atoms with Crippen molar-refractivity contribution in [2.75, 3.05) is 13.1 Å². The normalized spacial score (nSPS) is 11.0. The summed E-state index contributed by atoms with van der Waals surface area (Å²) in [5.41, 5.74) is 2.62. The van der Waals surface area contributed by atoms with E-state index in [1.165, 1.54) is 4.90 Å². The third-order valence-electron chi connectivity index (χ3n) is 3.71. The molecule has 0 saturated heterocycles. The van der Waals surface area contributed by atoms with Crippen LogP contribution in [0.3, 0.4) is 0 Å². The van der Waals surface area contributed by atoms with E-state index in [-0.39, 0.29) is 13.1 Å². The third-order valence-corrected chi connectivity index (χ3v) is 3.71. The van der Waals surface area contributed by atoms with Gasteiger partial charge in [-0.05, 0) is 43.9 Å². The maximum absolute atomic E-state index is 12.2. The number of benzene rings is 2. The van der Waals surface area contributed by atoms with Crippen molar-refractivity contribution in [3.05, 3.63) is 60.2 Å². The van der Waals surface area contributed by atoms with Gasteiger partial charge in [-0.3, -0.25) is 9.69 Å². The van der Waals surface area contributed by atoms with Crippen molar-refractivity contribution < 1.29 is 19.4 Å². The number of hydrogen-bond acceptors (Lipinski definition) is 3. The first-order chi connectivity index (χ1) is 12.2. The zero-order chi connectivity index (χ0) is 19.2. The van der Waals surface area contributed by atoms with Crippen LogP contribution in [0.1, 0.15) is 26.3 Å². The number of aliphatic carboxylic acids is 1. The highest BCUT2D eigenvalue weighted by Gasteiger charge is 2.23. The predicted octanol–water partition coefficient (Wildman–Crippen LogP) is 4.22. The average Bonchev–Trinajstić information content (AvgIpc) is 2.58. The molecule has 26 heavy (non-hydrogen) atoms. The molecule has 0 atom stereocenters. The molecule has 5 nitrogen and oxygen atoms in total. The van der Waals surface area contributed by atoms with Gasteiger partial charge in [0.25, 0.3) is 0 Å². The third kappa shape index (κ3) is 6.24. The van der Waals surface area contributed by atoms with Crippen LogP contribution in [0.2, 0.25) is 0 Å². The molecular formula is C21H25NO4. The molecule has 0 saturated carbocycles. The molecule has 0 radical (unpaired) electrons. The highest BCUT2D eigenvalue weighted by Crippen LogP contribution is 2.19. The molecule has 0 aromatic heterocycles. The molecule has 2 aromatic carbocycles. The molecule has 0 fully saturated rings. The van der Waals surface area contributed by atoms with Crippen LogP contribution in [0.15, 0.2) is 54.6 Å². The number of nitrogens with zero attached hydrogens (tertiary/aromatic N) is 1. The molecule has 0 aliphatic carbocycles. The summed E-state index contributed by atoms with van der Waals surface area (Å²) in [6.45, 7) is 5.17. The Bertz CT molecular complexity index is 733. The van der Waals surface area contributed by atoms with Gasteiger partial charge in [0.2, 0.25) is 0 Å². The summed E-state index contributed by atoms with van der Waals surface area (Å²) >= 11 is 0. The van der Waals surface area contributed by atoms with Crippen molar-refractivity contribution in [3.63, 3.8) is 0 Å². The SMILES string of the molecule is CC(C)(C)OC(=O)N(CCc1ccc(-c2ccccc2)cc1)CC(=O)O. The molecule has 138 valence electrons. The van der Waals surface area contributed by atoms with Gasteiger partial charge in [-0.2, -0.15) is 0 Å². The number of carboxylic acids is 1. The van der Waals surface area contributed by atoms with E-state index in [1.54, 1.807) is 20.8 Å². The fraction of sp³-hybridized carbons (Fsp3) is 0.333. The molecule has 0 aliphatic heterocycles. The monoisotopic (exact) mass is 355 g/mol. The van der Waals surface area contributed by atoms with Crippen LogP contribution in [-0.2, 0) is 16.0 Å². The van der Waals surface area contributed by atoms with Gasteiger partial charge in [-0.15, -0.1) is 0 Å². The van der Waals surface area contributed by atoms with Crippen molar-refractivity contribution in [2.45, 2.75) is 32.8 Å². The number of carbonyl (C=O) groups is 2. The maximum Gasteiger partial charge on any atom is 0.410 e. The highest BCUT2D eigenvalue weighted by molar-refractivity contribution is 5.77. The number of carboxylic acid groups (broad SMARTS) is 1. The summed E-state index contributed by atoms with van der Waals surface area (Å²) in [6, 6.07) is 18.1. The Morgan fingerprint density at radius 1 is 0.962 bits per heavy atom. The largest absolute Gasteiger partial charge is 0.480 e. The highest BCUT2D eigenvalue weighted by atomic mass is 16.6. The fourth-order valence-electron chi connectivity index (χ4n) is 2.48. The minimum absolute atomic E-state index is 0.284. The van der Waals surface area contributed by atoms with Crippen LogP contribution in [-0.4, -0.2) is 40.8 Å². The molecule has 0 spiro atoms. The van der Waals surface area contributed by atoms with E-state index in [2.05, 4.69) is 0 Å². The van der Waals surface area contributed by atoms with Gasteiger partial charge in [0.1, 0.15) is 12.1 Å². The van der Waals surface area contributed by atoms with Crippen molar-refractivity contribution in [3.8, 4) is 11.1 Å². The lowest BCUT2D eigenvalue weighted by atomic mass is 10.0. The minimum Gasteiger partial charge on any atom is -0.480 e. The molecule has 1 amide bonds. The van der Waals surface area contributed by atoms with Crippen LogP contribution in [0.5, 0.6) is 0 Å². The Labute approximate surface area is 154 Å². The first-order valence-electron chi connectivity index (χ1n) is 8.59. The van der Waals surface area contributed by atoms with Gasteiger partial charge in [0, 0.05) is 6.54 Å². The second-order valence-corrected chi connectivity index (χ2v) is 7.11. The summed E-state index contributed by atoms with van der Waals surface area (Å²) in [5, 5.41) is 9.04. The summed E-state index contributed by atoms with van der Waals surface area (Å²) in [7, 11) is 0. The van der Waals surface area contributed by atoms with Crippen LogP contribution in [0.25, 0.3) is 11.1 Å². The molecular weight excluding hydrogens is 330 g/mol. The molecule has 5 heteroatoms. The average molecular weight is 355 g/mol. The number of ether oxygens (including phenoxy) is 1. The Kier molecular flexibility index (Phi) is 6.39. The minimum atomic E-state index is -1.06. The van der Waals surface area contributed by atoms with Gasteiger partial charge >= 0.3 is 12.1 Å². The second kappa shape index (κ2) is 8.52. The lowest BCUT2D eigenvalue weighted by molar-refractivity contribution is -0.138. The number of amides is 1. The Hall–Kier alpha value is -2.82. The van der Waals surface area contributed by atoms with E-state index in [9.17, 15) is 9.59 Å². The van der Waals surface area contributed by atoms with E-state index < -0.39 is 17.7 Å². The molecule has 2 rings (SSSR count). The standard InChI is InChI=1S/C21H25NO4/c1-21(2,3)26-20(25)22(15-19(23)24)14-13-16-9-11-18(12-10-16)17-7-5-4-6-8-17/h4-12H,13-15H2,1-3H3,(H,23,24). The first kappa shape index (κ1) is 19.5. The lowest BCUT2D eigenvalue weighted by Gasteiger charge is -2.26. The van der Waals surface area contributed by atoms with Crippen molar-refractivity contribution in [1.29, 1.82) is 0 Å². The topological polar surface area (TPSA) is 66.8 Å². The second-order valence-electron chi connectivity index (χ2n) is 7.11. The summed E-state index contributed by atoms with van der Waals surface area (Å²) < 4.78 is 5.29. The van der Waals surface area contributed by atoms with Gasteiger partial charge in [0.15, 0.2) is 0 Å². The summed E-state index contributed by atoms with van der Waals surface area (Å²) in [5.74, 6) is -1.06. The molecule has 0 unspecified atom stereocenters. The fourth-order valence-corrected chi connectivity index (χ4v) is 2.48. The quantitative estimate of drug-likeness (QED) is 0.842. The van der Waals surface area contributed by atoms with Crippen LogP contribution < -0.4 is 0 Å². The predicted molar refractivity (Wildman–Crippen MR) is 101 cm³/mol.